The Kier molecular flexibility index (Phi) is 1.93. The van der Waals surface area contributed by atoms with Gasteiger partial charge in [-0.1, -0.05) is 34.1 Å². The number of nitrogens with zero attached hydrogens (tertiary/aromatic N) is 1. The number of benzene rings is 1. The average Bonchev–Trinajstić information content (AvgIpc) is 2.48. The van der Waals surface area contributed by atoms with Crippen LogP contribution < -0.4 is 0 Å². The monoisotopic (exact) mass is 223 g/mol. The summed E-state index contributed by atoms with van der Waals surface area (Å²) in [6, 6.07) is 8.53. The number of para-hydroxylation sites is 1. The number of aryl methyl sites for hydroxylation is 1. The van der Waals surface area contributed by atoms with Gasteiger partial charge in [0.25, 0.3) is 0 Å². The number of alkyl halides is 1. The second-order valence-corrected chi connectivity index (χ2v) is 3.48. The molecule has 1 aromatic heterocycles. The minimum absolute atomic E-state index is 0.919. The number of rotatable bonds is 1. The lowest BCUT2D eigenvalue weighted by atomic mass is 10.2. The van der Waals surface area contributed by atoms with Crippen molar-refractivity contribution < 1.29 is 0 Å². The number of aromatic nitrogens is 1. The van der Waals surface area contributed by atoms with Gasteiger partial charge in [-0.15, -0.1) is 0 Å². The van der Waals surface area contributed by atoms with Gasteiger partial charge in [0.05, 0.1) is 5.52 Å². The smallest absolute Gasteiger partial charge is 0.0518 e. The maximum Gasteiger partial charge on any atom is 0.0518 e. The van der Waals surface area contributed by atoms with Crippen molar-refractivity contribution in [3.63, 3.8) is 0 Å². The van der Waals surface area contributed by atoms with Crippen LogP contribution in [0.2, 0.25) is 0 Å². The third-order valence-corrected chi connectivity index (χ3v) is 2.73. The quantitative estimate of drug-likeness (QED) is 0.656. The Labute approximate surface area is 80.1 Å². The Balaban J connectivity index is 2.84. The first kappa shape index (κ1) is 7.87. The summed E-state index contributed by atoms with van der Waals surface area (Å²) < 4.78 is 2.16. The van der Waals surface area contributed by atoms with E-state index >= 15 is 0 Å². The van der Waals surface area contributed by atoms with E-state index in [4.69, 9.17) is 0 Å². The van der Waals surface area contributed by atoms with Crippen LogP contribution in [0.5, 0.6) is 0 Å². The van der Waals surface area contributed by atoms with E-state index in [9.17, 15) is 0 Å². The maximum atomic E-state index is 3.48. The Morgan fingerprint density at radius 2 is 2.17 bits per heavy atom. The van der Waals surface area contributed by atoms with Gasteiger partial charge in [0.2, 0.25) is 0 Å². The van der Waals surface area contributed by atoms with Crippen LogP contribution in [0.15, 0.2) is 30.5 Å². The van der Waals surface area contributed by atoms with Gasteiger partial charge in [-0.25, -0.2) is 0 Å². The molecule has 0 aliphatic rings. The molecule has 0 saturated carbocycles. The fourth-order valence-electron chi connectivity index (χ4n) is 1.55. The molecule has 2 heteroatoms. The summed E-state index contributed by atoms with van der Waals surface area (Å²) in [6.45, 7) is 0. The number of hydrogen-bond donors (Lipinski definition) is 0. The van der Waals surface area contributed by atoms with Gasteiger partial charge >= 0.3 is 0 Å². The van der Waals surface area contributed by atoms with E-state index in [1.807, 2.05) is 0 Å². The molecule has 62 valence electrons. The first-order valence-electron chi connectivity index (χ1n) is 3.92. The molecule has 0 fully saturated rings. The Bertz CT molecular complexity index is 403. The van der Waals surface area contributed by atoms with E-state index in [0.29, 0.717) is 0 Å². The first-order chi connectivity index (χ1) is 5.83. The van der Waals surface area contributed by atoms with Gasteiger partial charge in [0.15, 0.2) is 0 Å². The summed E-state index contributed by atoms with van der Waals surface area (Å²) in [5, 5.41) is 2.23. The molecule has 0 amide bonds. The fraction of sp³-hybridized carbons (Fsp3) is 0.200. The van der Waals surface area contributed by atoms with Crippen LogP contribution in [0.1, 0.15) is 5.56 Å². The van der Waals surface area contributed by atoms with Crippen LogP contribution >= 0.6 is 15.9 Å². The van der Waals surface area contributed by atoms with Gasteiger partial charge in [-0.3, -0.25) is 0 Å². The molecule has 12 heavy (non-hydrogen) atoms. The first-order valence-corrected chi connectivity index (χ1v) is 5.04. The van der Waals surface area contributed by atoms with Crippen LogP contribution in [-0.2, 0) is 12.4 Å². The number of fused-ring (bicyclic) bond motifs is 1. The summed E-state index contributed by atoms with van der Waals surface area (Å²) >= 11 is 3.48. The highest BCUT2D eigenvalue weighted by atomic mass is 79.9. The van der Waals surface area contributed by atoms with E-state index in [0.717, 1.165) is 5.33 Å². The molecular formula is C10H10BrN. The van der Waals surface area contributed by atoms with Crippen molar-refractivity contribution in [3.8, 4) is 0 Å². The van der Waals surface area contributed by atoms with Gasteiger partial charge in [-0.2, -0.15) is 0 Å². The van der Waals surface area contributed by atoms with Gasteiger partial charge in [0.1, 0.15) is 0 Å². The van der Waals surface area contributed by atoms with Crippen molar-refractivity contribution in [3.05, 3.63) is 36.0 Å². The zero-order chi connectivity index (χ0) is 8.55. The van der Waals surface area contributed by atoms with E-state index in [2.05, 4.69) is 58.0 Å². The molecule has 2 aromatic rings. The Morgan fingerprint density at radius 1 is 1.33 bits per heavy atom. The molecule has 0 radical (unpaired) electrons. The normalized spacial score (nSPS) is 10.8. The van der Waals surface area contributed by atoms with Gasteiger partial charge in [-0.05, 0) is 17.0 Å². The Hall–Kier alpha value is -0.760. The SMILES string of the molecule is Cn1ccc2cccc(CBr)c21. The van der Waals surface area contributed by atoms with E-state index < -0.39 is 0 Å². The van der Waals surface area contributed by atoms with E-state index in [-0.39, 0.29) is 0 Å². The predicted octanol–water partition coefficient (Wildman–Crippen LogP) is 3.07. The highest BCUT2D eigenvalue weighted by molar-refractivity contribution is 9.08. The molecule has 0 unspecified atom stereocenters. The van der Waals surface area contributed by atoms with Crippen LogP contribution in [0.25, 0.3) is 10.9 Å². The molecule has 1 aromatic carbocycles. The number of hydrogen-bond acceptors (Lipinski definition) is 0. The Morgan fingerprint density at radius 3 is 2.92 bits per heavy atom. The molecule has 0 aliphatic heterocycles. The van der Waals surface area contributed by atoms with Crippen molar-refractivity contribution >= 4 is 26.8 Å². The van der Waals surface area contributed by atoms with E-state index in [1.54, 1.807) is 0 Å². The lowest BCUT2D eigenvalue weighted by Crippen LogP contribution is -1.88. The summed E-state index contributed by atoms with van der Waals surface area (Å²) in [4.78, 5) is 0. The standard InChI is InChI=1S/C10H10BrN/c1-12-6-5-8-3-2-4-9(7-11)10(8)12/h2-6H,7H2,1H3. The fourth-order valence-corrected chi connectivity index (χ4v) is 2.00. The van der Waals surface area contributed by atoms with Crippen LogP contribution in [-0.4, -0.2) is 4.57 Å². The molecule has 0 N–H and O–H groups in total. The lowest BCUT2D eigenvalue weighted by molar-refractivity contribution is 0.964. The summed E-state index contributed by atoms with van der Waals surface area (Å²) in [7, 11) is 2.08. The van der Waals surface area contributed by atoms with Crippen LogP contribution in [0.3, 0.4) is 0 Å². The largest absolute Gasteiger partial charge is 0.350 e. The lowest BCUT2D eigenvalue weighted by Gasteiger charge is -2.01. The summed E-state index contributed by atoms with van der Waals surface area (Å²) in [6.07, 6.45) is 2.09. The highest BCUT2D eigenvalue weighted by Gasteiger charge is 2.01. The minimum atomic E-state index is 0.919. The second-order valence-electron chi connectivity index (χ2n) is 2.92. The van der Waals surface area contributed by atoms with Crippen molar-refractivity contribution in [2.75, 3.05) is 0 Å². The third kappa shape index (κ3) is 1.07. The van der Waals surface area contributed by atoms with Crippen molar-refractivity contribution in [1.82, 2.24) is 4.57 Å². The highest BCUT2D eigenvalue weighted by Crippen LogP contribution is 2.20. The van der Waals surface area contributed by atoms with Gasteiger partial charge < -0.3 is 4.57 Å². The number of halogens is 1. The molecule has 0 bridgehead atoms. The molecule has 0 aliphatic carbocycles. The van der Waals surface area contributed by atoms with Crippen molar-refractivity contribution in [1.29, 1.82) is 0 Å². The molecule has 0 saturated heterocycles. The van der Waals surface area contributed by atoms with Crippen molar-refractivity contribution in [2.24, 2.45) is 7.05 Å². The minimum Gasteiger partial charge on any atom is -0.350 e. The molecule has 1 nitrogen and oxygen atoms in total. The zero-order valence-corrected chi connectivity index (χ0v) is 8.51. The third-order valence-electron chi connectivity index (χ3n) is 2.13. The molecule has 1 heterocycles. The summed E-state index contributed by atoms with van der Waals surface area (Å²) in [5.74, 6) is 0. The van der Waals surface area contributed by atoms with Crippen molar-refractivity contribution in [2.45, 2.75) is 5.33 Å². The summed E-state index contributed by atoms with van der Waals surface area (Å²) in [5.41, 5.74) is 2.68. The topological polar surface area (TPSA) is 4.93 Å². The van der Waals surface area contributed by atoms with Crippen LogP contribution in [0, 0.1) is 0 Å². The zero-order valence-electron chi connectivity index (χ0n) is 6.92. The molecule has 0 spiro atoms. The molecule has 2 rings (SSSR count). The van der Waals surface area contributed by atoms with E-state index in [1.165, 1.54) is 16.5 Å². The maximum absolute atomic E-state index is 3.48. The van der Waals surface area contributed by atoms with Gasteiger partial charge in [0, 0.05) is 18.6 Å². The average molecular weight is 224 g/mol. The van der Waals surface area contributed by atoms with Crippen LogP contribution in [0.4, 0.5) is 0 Å². The second kappa shape index (κ2) is 2.94. The molecular weight excluding hydrogens is 214 g/mol. The molecule has 0 atom stereocenters. The predicted molar refractivity (Wildman–Crippen MR) is 55.6 cm³/mol.